The topological polar surface area (TPSA) is 66.6 Å². The maximum absolute atomic E-state index is 4.63. The maximum atomic E-state index is 4.63. The zero-order valence-corrected chi connectivity index (χ0v) is 14.5. The normalized spacial score (nSPS) is 11.6. The Bertz CT molecular complexity index is 809. The molecular weight excluding hydrogens is 312 g/mol. The van der Waals surface area contributed by atoms with Gasteiger partial charge in [0.05, 0.1) is 6.54 Å². The first-order chi connectivity index (χ1) is 12.4. The van der Waals surface area contributed by atoms with Gasteiger partial charge in [0.15, 0.2) is 11.6 Å². The number of guanidine groups is 1. The molecule has 2 N–H and O–H groups in total. The number of aryl methyl sites for hydroxylation is 1. The number of nitrogens with one attached hydrogen (secondary N) is 2. The number of pyridine rings is 1. The van der Waals surface area contributed by atoms with Crippen LogP contribution in [-0.2, 0) is 13.0 Å². The van der Waals surface area contributed by atoms with Crippen LogP contribution in [0.1, 0.15) is 24.7 Å². The van der Waals surface area contributed by atoms with E-state index < -0.39 is 0 Å². The highest BCUT2D eigenvalue weighted by Gasteiger charge is 2.04. The van der Waals surface area contributed by atoms with Crippen molar-refractivity contribution in [1.82, 2.24) is 25.2 Å². The predicted molar refractivity (Wildman–Crippen MR) is 101 cm³/mol. The summed E-state index contributed by atoms with van der Waals surface area (Å²) in [5.41, 5.74) is 2.10. The maximum Gasteiger partial charge on any atom is 0.191 e. The highest BCUT2D eigenvalue weighted by atomic mass is 15.2. The SMILES string of the molecule is CCNC(=NCc1ccccc1)NCCCc1nnc2ccccn12. The third-order valence-corrected chi connectivity index (χ3v) is 3.86. The average Bonchev–Trinajstić information content (AvgIpc) is 3.07. The van der Waals surface area contributed by atoms with Crippen molar-refractivity contribution >= 4 is 11.6 Å². The molecule has 0 fully saturated rings. The summed E-state index contributed by atoms with van der Waals surface area (Å²) >= 11 is 0. The minimum absolute atomic E-state index is 0.672. The second-order valence-corrected chi connectivity index (χ2v) is 5.76. The van der Waals surface area contributed by atoms with E-state index in [1.54, 1.807) is 0 Å². The van der Waals surface area contributed by atoms with Crippen molar-refractivity contribution in [2.75, 3.05) is 13.1 Å². The summed E-state index contributed by atoms with van der Waals surface area (Å²) in [6.45, 7) is 4.42. The molecule has 6 heteroatoms. The Balaban J connectivity index is 1.50. The van der Waals surface area contributed by atoms with Gasteiger partial charge in [-0.05, 0) is 31.0 Å². The van der Waals surface area contributed by atoms with Crippen molar-refractivity contribution < 1.29 is 0 Å². The van der Waals surface area contributed by atoms with E-state index in [9.17, 15) is 0 Å². The molecule has 0 atom stereocenters. The first-order valence-corrected chi connectivity index (χ1v) is 8.71. The molecule has 0 amide bonds. The second kappa shape index (κ2) is 8.82. The summed E-state index contributed by atoms with van der Waals surface area (Å²) in [6, 6.07) is 16.2. The first kappa shape index (κ1) is 17.0. The molecule has 3 rings (SSSR count). The van der Waals surface area contributed by atoms with Gasteiger partial charge in [-0.2, -0.15) is 0 Å². The molecule has 6 nitrogen and oxygen atoms in total. The molecule has 0 spiro atoms. The molecule has 0 radical (unpaired) electrons. The molecule has 25 heavy (non-hydrogen) atoms. The van der Waals surface area contributed by atoms with E-state index in [2.05, 4.69) is 44.9 Å². The molecule has 130 valence electrons. The Morgan fingerprint density at radius 1 is 1.04 bits per heavy atom. The number of nitrogens with zero attached hydrogens (tertiary/aromatic N) is 4. The van der Waals surface area contributed by atoms with E-state index in [1.165, 1.54) is 5.56 Å². The summed E-state index contributed by atoms with van der Waals surface area (Å²) in [5.74, 6) is 1.83. The lowest BCUT2D eigenvalue weighted by molar-refractivity contribution is 0.715. The molecule has 1 aromatic carbocycles. The zero-order valence-electron chi connectivity index (χ0n) is 14.5. The summed E-state index contributed by atoms with van der Waals surface area (Å²) in [7, 11) is 0. The predicted octanol–water partition coefficient (Wildman–Crippen LogP) is 2.42. The lowest BCUT2D eigenvalue weighted by Crippen LogP contribution is -2.37. The van der Waals surface area contributed by atoms with Gasteiger partial charge in [-0.15, -0.1) is 10.2 Å². The molecule has 0 bridgehead atoms. The largest absolute Gasteiger partial charge is 0.357 e. The van der Waals surface area contributed by atoms with Crippen LogP contribution in [0, 0.1) is 0 Å². The second-order valence-electron chi connectivity index (χ2n) is 5.76. The van der Waals surface area contributed by atoms with Crippen molar-refractivity contribution in [2.24, 2.45) is 4.99 Å². The Morgan fingerprint density at radius 3 is 2.72 bits per heavy atom. The Morgan fingerprint density at radius 2 is 1.88 bits per heavy atom. The molecule has 0 saturated carbocycles. The first-order valence-electron chi connectivity index (χ1n) is 8.71. The van der Waals surface area contributed by atoms with Gasteiger partial charge in [0.25, 0.3) is 0 Å². The van der Waals surface area contributed by atoms with Crippen LogP contribution in [0.15, 0.2) is 59.7 Å². The van der Waals surface area contributed by atoms with Gasteiger partial charge in [0.2, 0.25) is 0 Å². The molecule has 0 aliphatic rings. The Labute approximate surface area is 148 Å². The van der Waals surface area contributed by atoms with E-state index >= 15 is 0 Å². The van der Waals surface area contributed by atoms with Gasteiger partial charge >= 0.3 is 0 Å². The van der Waals surface area contributed by atoms with E-state index in [0.29, 0.717) is 6.54 Å². The molecule has 0 aliphatic heterocycles. The number of rotatable bonds is 7. The third kappa shape index (κ3) is 4.79. The van der Waals surface area contributed by atoms with Gasteiger partial charge in [-0.25, -0.2) is 4.99 Å². The summed E-state index contributed by atoms with van der Waals surface area (Å²) in [4.78, 5) is 4.63. The van der Waals surface area contributed by atoms with Gasteiger partial charge in [-0.1, -0.05) is 36.4 Å². The van der Waals surface area contributed by atoms with Crippen LogP contribution in [0.4, 0.5) is 0 Å². The highest BCUT2D eigenvalue weighted by molar-refractivity contribution is 5.79. The quantitative estimate of drug-likeness (QED) is 0.395. The fraction of sp³-hybridized carbons (Fsp3) is 0.316. The average molecular weight is 336 g/mol. The fourth-order valence-corrected chi connectivity index (χ4v) is 2.61. The van der Waals surface area contributed by atoms with Crippen LogP contribution in [-0.4, -0.2) is 33.6 Å². The molecule has 0 saturated heterocycles. The van der Waals surface area contributed by atoms with Crippen LogP contribution in [0.2, 0.25) is 0 Å². The van der Waals surface area contributed by atoms with Crippen LogP contribution in [0.3, 0.4) is 0 Å². The standard InChI is InChI=1S/C19H24N6/c1-2-20-19(22-15-16-9-4-3-5-10-16)21-13-8-12-18-24-23-17-11-6-7-14-25(17)18/h3-7,9-11,14H,2,8,12-13,15H2,1H3,(H2,20,21,22). The van der Waals surface area contributed by atoms with E-state index in [0.717, 1.165) is 43.4 Å². The lowest BCUT2D eigenvalue weighted by Gasteiger charge is -2.11. The van der Waals surface area contributed by atoms with Crippen LogP contribution >= 0.6 is 0 Å². The van der Waals surface area contributed by atoms with E-state index in [-0.39, 0.29) is 0 Å². The van der Waals surface area contributed by atoms with Crippen LogP contribution in [0.25, 0.3) is 5.65 Å². The molecule has 0 unspecified atom stereocenters. The monoisotopic (exact) mass is 336 g/mol. The van der Waals surface area contributed by atoms with Crippen molar-refractivity contribution in [3.05, 3.63) is 66.1 Å². The molecule has 3 aromatic rings. The molecule has 2 aromatic heterocycles. The minimum Gasteiger partial charge on any atom is -0.357 e. The third-order valence-electron chi connectivity index (χ3n) is 3.86. The highest BCUT2D eigenvalue weighted by Crippen LogP contribution is 2.04. The lowest BCUT2D eigenvalue weighted by atomic mass is 10.2. The van der Waals surface area contributed by atoms with Crippen molar-refractivity contribution in [2.45, 2.75) is 26.3 Å². The van der Waals surface area contributed by atoms with Gasteiger partial charge in [-0.3, -0.25) is 4.40 Å². The van der Waals surface area contributed by atoms with Crippen LogP contribution < -0.4 is 10.6 Å². The summed E-state index contributed by atoms with van der Waals surface area (Å²) < 4.78 is 2.04. The van der Waals surface area contributed by atoms with Gasteiger partial charge in [0, 0.05) is 25.7 Å². The molecule has 2 heterocycles. The number of benzene rings is 1. The molecule has 0 aliphatic carbocycles. The number of aliphatic imine (C=N–C) groups is 1. The number of hydrogen-bond acceptors (Lipinski definition) is 3. The number of hydrogen-bond donors (Lipinski definition) is 2. The van der Waals surface area contributed by atoms with Gasteiger partial charge < -0.3 is 10.6 Å². The summed E-state index contributed by atoms with van der Waals surface area (Å²) in [5, 5.41) is 15.1. The number of fused-ring (bicyclic) bond motifs is 1. The van der Waals surface area contributed by atoms with E-state index in [1.807, 2.05) is 47.0 Å². The Kier molecular flexibility index (Phi) is 5.98. The zero-order chi connectivity index (χ0) is 17.3. The number of aromatic nitrogens is 3. The minimum atomic E-state index is 0.672. The van der Waals surface area contributed by atoms with Gasteiger partial charge in [0.1, 0.15) is 5.82 Å². The Hall–Kier alpha value is -2.89. The fourth-order valence-electron chi connectivity index (χ4n) is 2.61. The smallest absolute Gasteiger partial charge is 0.191 e. The van der Waals surface area contributed by atoms with E-state index in [4.69, 9.17) is 0 Å². The van der Waals surface area contributed by atoms with Crippen molar-refractivity contribution in [3.63, 3.8) is 0 Å². The molecular formula is C19H24N6. The summed E-state index contributed by atoms with van der Waals surface area (Å²) in [6.07, 6.45) is 3.84. The van der Waals surface area contributed by atoms with Crippen LogP contribution in [0.5, 0.6) is 0 Å². The van der Waals surface area contributed by atoms with Crippen molar-refractivity contribution in [1.29, 1.82) is 0 Å². The van der Waals surface area contributed by atoms with Crippen molar-refractivity contribution in [3.8, 4) is 0 Å².